The second-order valence-corrected chi connectivity index (χ2v) is 9.89. The number of carbonyl (C=O) groups is 1. The molecule has 1 aromatic carbocycles. The number of piperidine rings is 1. The number of carbonyl (C=O) groups excluding carboxylic acids is 1. The Labute approximate surface area is 218 Å². The van der Waals surface area contributed by atoms with Crippen molar-refractivity contribution in [2.75, 3.05) is 30.3 Å². The molecule has 4 rings (SSSR count). The van der Waals surface area contributed by atoms with E-state index in [9.17, 15) is 4.79 Å². The van der Waals surface area contributed by atoms with E-state index in [0.29, 0.717) is 24.9 Å². The van der Waals surface area contributed by atoms with E-state index in [4.69, 9.17) is 9.84 Å². The standard InChI is InChI=1S/C27H39N7O3/c1-19(2)23-18-30-34-25(23)32-27(37-22-8-7-14-28-17-22)33-26(34)29-16-20-10-12-21(13-11-20)31-24(36)9-5-3-4-6-15-35/h10-13,18-19,22,28,35H,3-9,14-17H2,1-2H3,(H,31,36)(H,29,32,33)/t22-/m1/s1. The molecule has 1 atom stereocenters. The first kappa shape index (κ1) is 26.8. The van der Waals surface area contributed by atoms with Gasteiger partial charge in [0.1, 0.15) is 6.10 Å². The van der Waals surface area contributed by atoms with E-state index >= 15 is 0 Å². The summed E-state index contributed by atoms with van der Waals surface area (Å²) in [5.74, 6) is 0.862. The van der Waals surface area contributed by atoms with Crippen molar-refractivity contribution in [2.45, 2.75) is 77.4 Å². The number of hydrogen-bond acceptors (Lipinski definition) is 8. The molecule has 0 spiro atoms. The highest BCUT2D eigenvalue weighted by atomic mass is 16.5. The largest absolute Gasteiger partial charge is 0.459 e. The Morgan fingerprint density at radius 2 is 2.00 bits per heavy atom. The van der Waals surface area contributed by atoms with Crippen molar-refractivity contribution in [2.24, 2.45) is 0 Å². The first-order valence-corrected chi connectivity index (χ1v) is 13.4. The summed E-state index contributed by atoms with van der Waals surface area (Å²) < 4.78 is 7.88. The molecule has 2 aromatic heterocycles. The van der Waals surface area contributed by atoms with Gasteiger partial charge in [-0.1, -0.05) is 38.8 Å². The van der Waals surface area contributed by atoms with Gasteiger partial charge < -0.3 is 25.8 Å². The monoisotopic (exact) mass is 509 g/mol. The summed E-state index contributed by atoms with van der Waals surface area (Å²) in [6, 6.07) is 8.14. The van der Waals surface area contributed by atoms with Crippen LogP contribution in [-0.4, -0.2) is 56.4 Å². The summed E-state index contributed by atoms with van der Waals surface area (Å²) in [4.78, 5) is 21.5. The molecular weight excluding hydrogens is 470 g/mol. The highest BCUT2D eigenvalue weighted by molar-refractivity contribution is 5.90. The molecule has 0 aliphatic carbocycles. The maximum absolute atomic E-state index is 12.2. The lowest BCUT2D eigenvalue weighted by Gasteiger charge is -2.23. The highest BCUT2D eigenvalue weighted by Crippen LogP contribution is 2.24. The molecule has 0 unspecified atom stereocenters. The fraction of sp³-hybridized carbons (Fsp3) is 0.556. The first-order chi connectivity index (χ1) is 18.0. The maximum Gasteiger partial charge on any atom is 0.322 e. The number of amides is 1. The number of aliphatic hydroxyl groups is 1. The molecule has 0 radical (unpaired) electrons. The van der Waals surface area contributed by atoms with Crippen molar-refractivity contribution in [3.05, 3.63) is 41.6 Å². The Hall–Kier alpha value is -3.24. The molecule has 3 aromatic rings. The third kappa shape index (κ3) is 7.62. The number of anilines is 2. The molecule has 3 heterocycles. The molecule has 10 heteroatoms. The highest BCUT2D eigenvalue weighted by Gasteiger charge is 2.20. The van der Waals surface area contributed by atoms with Gasteiger partial charge in [-0.2, -0.15) is 19.6 Å². The third-order valence-corrected chi connectivity index (χ3v) is 6.52. The van der Waals surface area contributed by atoms with Crippen LogP contribution >= 0.6 is 0 Å². The number of hydrogen-bond donors (Lipinski definition) is 4. The van der Waals surface area contributed by atoms with Crippen LogP contribution in [0.4, 0.5) is 11.6 Å². The number of nitrogens with zero attached hydrogens (tertiary/aromatic N) is 4. The zero-order valence-electron chi connectivity index (χ0n) is 21.9. The number of benzene rings is 1. The minimum atomic E-state index is 0.0126. The smallest absolute Gasteiger partial charge is 0.322 e. The molecular formula is C27H39N7O3. The molecule has 37 heavy (non-hydrogen) atoms. The molecule has 1 aliphatic heterocycles. The van der Waals surface area contributed by atoms with Crippen LogP contribution in [0.15, 0.2) is 30.5 Å². The second-order valence-electron chi connectivity index (χ2n) is 9.89. The van der Waals surface area contributed by atoms with Gasteiger partial charge in [-0.15, -0.1) is 0 Å². The van der Waals surface area contributed by atoms with E-state index < -0.39 is 0 Å². The van der Waals surface area contributed by atoms with Crippen molar-refractivity contribution in [3.63, 3.8) is 0 Å². The predicted molar refractivity (Wildman–Crippen MR) is 144 cm³/mol. The number of ether oxygens (including phenoxy) is 1. The Morgan fingerprint density at radius 1 is 1.19 bits per heavy atom. The minimum absolute atomic E-state index is 0.0126. The van der Waals surface area contributed by atoms with Crippen molar-refractivity contribution in [1.29, 1.82) is 0 Å². The van der Waals surface area contributed by atoms with Crippen LogP contribution < -0.4 is 20.7 Å². The van der Waals surface area contributed by atoms with Gasteiger partial charge in [0.2, 0.25) is 11.9 Å². The number of rotatable bonds is 13. The fourth-order valence-corrected chi connectivity index (χ4v) is 4.38. The SMILES string of the molecule is CC(C)c1cnn2c(NCc3ccc(NC(=O)CCCCCCO)cc3)nc(O[C@@H]3CCCNC3)nc12. The van der Waals surface area contributed by atoms with E-state index in [0.717, 1.165) is 74.1 Å². The number of nitrogens with one attached hydrogen (secondary N) is 3. The van der Waals surface area contributed by atoms with Gasteiger partial charge >= 0.3 is 6.01 Å². The van der Waals surface area contributed by atoms with E-state index in [1.807, 2.05) is 30.5 Å². The van der Waals surface area contributed by atoms with Gasteiger partial charge in [-0.3, -0.25) is 4.79 Å². The summed E-state index contributed by atoms with van der Waals surface area (Å²) in [6.07, 6.45) is 7.96. The normalized spacial score (nSPS) is 15.7. The van der Waals surface area contributed by atoms with Gasteiger partial charge in [-0.25, -0.2) is 0 Å². The van der Waals surface area contributed by atoms with Gasteiger partial charge in [0.15, 0.2) is 5.65 Å². The van der Waals surface area contributed by atoms with E-state index in [1.54, 1.807) is 4.52 Å². The van der Waals surface area contributed by atoms with Crippen molar-refractivity contribution < 1.29 is 14.6 Å². The number of fused-ring (bicyclic) bond motifs is 1. The molecule has 0 bridgehead atoms. The average molecular weight is 510 g/mol. The molecule has 1 fully saturated rings. The van der Waals surface area contributed by atoms with Crippen molar-refractivity contribution >= 4 is 23.2 Å². The van der Waals surface area contributed by atoms with E-state index in [-0.39, 0.29) is 24.5 Å². The Balaban J connectivity index is 1.39. The molecule has 1 aliphatic rings. The summed E-state index contributed by atoms with van der Waals surface area (Å²) >= 11 is 0. The fourth-order valence-electron chi connectivity index (χ4n) is 4.38. The number of aromatic nitrogens is 4. The number of aliphatic hydroxyl groups excluding tert-OH is 1. The van der Waals surface area contributed by atoms with Crippen LogP contribution in [0.2, 0.25) is 0 Å². The second kappa shape index (κ2) is 13.3. The van der Waals surface area contributed by atoms with Crippen LogP contribution in [-0.2, 0) is 11.3 Å². The van der Waals surface area contributed by atoms with Crippen LogP contribution in [0.25, 0.3) is 5.65 Å². The first-order valence-electron chi connectivity index (χ1n) is 13.4. The number of unbranched alkanes of at least 4 members (excludes halogenated alkanes) is 3. The van der Waals surface area contributed by atoms with E-state index in [2.05, 4.69) is 44.9 Å². The molecule has 200 valence electrons. The summed E-state index contributed by atoms with van der Waals surface area (Å²) in [6.45, 7) is 6.79. The van der Waals surface area contributed by atoms with Crippen molar-refractivity contribution in [3.8, 4) is 6.01 Å². The summed E-state index contributed by atoms with van der Waals surface area (Å²) in [5.41, 5.74) is 3.62. The van der Waals surface area contributed by atoms with E-state index in [1.165, 1.54) is 0 Å². The maximum atomic E-state index is 12.2. The molecule has 1 amide bonds. The van der Waals surface area contributed by atoms with Gasteiger partial charge in [0.05, 0.1) is 6.20 Å². The summed E-state index contributed by atoms with van der Waals surface area (Å²) in [7, 11) is 0. The summed E-state index contributed by atoms with van der Waals surface area (Å²) in [5, 5.41) is 23.1. The quantitative estimate of drug-likeness (QED) is 0.256. The zero-order valence-corrected chi connectivity index (χ0v) is 21.9. The molecule has 4 N–H and O–H groups in total. The third-order valence-electron chi connectivity index (χ3n) is 6.52. The topological polar surface area (TPSA) is 126 Å². The average Bonchev–Trinajstić information content (AvgIpc) is 3.33. The zero-order chi connectivity index (χ0) is 26.0. The lowest BCUT2D eigenvalue weighted by atomic mass is 10.1. The Kier molecular flexibility index (Phi) is 9.67. The molecule has 10 nitrogen and oxygen atoms in total. The minimum Gasteiger partial charge on any atom is -0.459 e. The van der Waals surface area contributed by atoms with Crippen LogP contribution in [0.5, 0.6) is 6.01 Å². The van der Waals surface area contributed by atoms with Crippen LogP contribution in [0.3, 0.4) is 0 Å². The lowest BCUT2D eigenvalue weighted by molar-refractivity contribution is -0.116. The Bertz CT molecular complexity index is 1140. The molecule has 1 saturated heterocycles. The predicted octanol–water partition coefficient (Wildman–Crippen LogP) is 3.87. The lowest BCUT2D eigenvalue weighted by Crippen LogP contribution is -2.37. The Morgan fingerprint density at radius 3 is 2.73 bits per heavy atom. The molecule has 0 saturated carbocycles. The van der Waals surface area contributed by atoms with Gasteiger partial charge in [0, 0.05) is 37.4 Å². The van der Waals surface area contributed by atoms with Crippen LogP contribution in [0.1, 0.15) is 75.8 Å². The van der Waals surface area contributed by atoms with Crippen LogP contribution in [0, 0.1) is 0 Å². The van der Waals surface area contributed by atoms with Crippen molar-refractivity contribution in [1.82, 2.24) is 24.9 Å². The van der Waals surface area contributed by atoms with Gasteiger partial charge in [0.25, 0.3) is 0 Å². The van der Waals surface area contributed by atoms with Gasteiger partial charge in [-0.05, 0) is 55.8 Å².